The summed E-state index contributed by atoms with van der Waals surface area (Å²) < 4.78 is 0. The van der Waals surface area contributed by atoms with Crippen molar-refractivity contribution in [3.8, 4) is 0 Å². The summed E-state index contributed by atoms with van der Waals surface area (Å²) in [6.07, 6.45) is 3.47. The van der Waals surface area contributed by atoms with E-state index in [1.807, 2.05) is 0 Å². The Kier molecular flexibility index (Phi) is 4.09. The van der Waals surface area contributed by atoms with E-state index in [2.05, 4.69) is 42.5 Å². The number of carboxylic acid groups (broad SMARTS) is 1. The molecule has 1 aliphatic heterocycles. The minimum Gasteiger partial charge on any atom is -0.465 e. The normalized spacial score (nSPS) is 16.3. The van der Waals surface area contributed by atoms with E-state index >= 15 is 0 Å². The number of carbonyl (C=O) groups is 1. The summed E-state index contributed by atoms with van der Waals surface area (Å²) in [5, 5.41) is 11.5. The van der Waals surface area contributed by atoms with E-state index in [1.54, 1.807) is 0 Å². The molecule has 3 nitrogen and oxygen atoms in total. The number of fused-ring (bicyclic) bond motifs is 1. The smallest absolute Gasteiger partial charge is 0.407 e. The highest BCUT2D eigenvalue weighted by Crippen LogP contribution is 2.23. The Balaban J connectivity index is 1.56. The molecular weight excluding hydrogens is 262 g/mol. The first-order chi connectivity index (χ1) is 10.2. The fraction of sp³-hybridized carbons (Fsp3) is 0.389. The molecule has 0 aromatic heterocycles. The third-order valence-corrected chi connectivity index (χ3v) is 4.54. The molecule has 2 aromatic rings. The molecule has 0 saturated carbocycles. The maximum atomic E-state index is 10.9. The zero-order valence-corrected chi connectivity index (χ0v) is 12.2. The van der Waals surface area contributed by atoms with Crippen molar-refractivity contribution in [2.45, 2.75) is 25.7 Å². The maximum absolute atomic E-state index is 10.9. The molecule has 1 amide bonds. The van der Waals surface area contributed by atoms with Crippen LogP contribution >= 0.6 is 0 Å². The Labute approximate surface area is 125 Å². The Morgan fingerprint density at radius 1 is 1.10 bits per heavy atom. The number of likely N-dealkylation sites (tertiary alicyclic amines) is 1. The van der Waals surface area contributed by atoms with Crippen molar-refractivity contribution in [1.82, 2.24) is 4.90 Å². The average Bonchev–Trinajstić information content (AvgIpc) is 2.53. The third kappa shape index (κ3) is 3.35. The van der Waals surface area contributed by atoms with Crippen LogP contribution in [0.25, 0.3) is 10.8 Å². The zero-order valence-electron chi connectivity index (χ0n) is 12.2. The number of hydrogen-bond donors (Lipinski definition) is 1. The van der Waals surface area contributed by atoms with Gasteiger partial charge in [0.1, 0.15) is 0 Å². The molecule has 0 atom stereocenters. The molecule has 1 saturated heterocycles. The van der Waals surface area contributed by atoms with Crippen LogP contribution in [-0.2, 0) is 6.42 Å². The van der Waals surface area contributed by atoms with Gasteiger partial charge in [-0.25, -0.2) is 4.79 Å². The third-order valence-electron chi connectivity index (χ3n) is 4.54. The van der Waals surface area contributed by atoms with Crippen molar-refractivity contribution in [1.29, 1.82) is 0 Å². The first-order valence-electron chi connectivity index (χ1n) is 7.68. The van der Waals surface area contributed by atoms with Crippen LogP contribution in [0.15, 0.2) is 42.5 Å². The molecule has 1 heterocycles. The predicted molar refractivity (Wildman–Crippen MR) is 84.6 cm³/mol. The molecule has 21 heavy (non-hydrogen) atoms. The number of amides is 1. The van der Waals surface area contributed by atoms with E-state index in [1.165, 1.54) is 21.2 Å². The monoisotopic (exact) mass is 283 g/mol. The molecule has 0 bridgehead atoms. The van der Waals surface area contributed by atoms with E-state index < -0.39 is 6.09 Å². The molecule has 110 valence electrons. The summed E-state index contributed by atoms with van der Waals surface area (Å²) in [5.74, 6) is 0.659. The number of rotatable bonds is 3. The second kappa shape index (κ2) is 6.17. The Morgan fingerprint density at radius 3 is 2.52 bits per heavy atom. The van der Waals surface area contributed by atoms with Gasteiger partial charge in [0, 0.05) is 13.1 Å². The number of nitrogens with zero attached hydrogens (tertiary/aromatic N) is 1. The van der Waals surface area contributed by atoms with Crippen LogP contribution in [0.1, 0.15) is 24.8 Å². The number of benzene rings is 2. The van der Waals surface area contributed by atoms with Crippen LogP contribution in [0.2, 0.25) is 0 Å². The first kappa shape index (κ1) is 13.9. The molecule has 3 rings (SSSR count). The highest BCUT2D eigenvalue weighted by atomic mass is 16.4. The van der Waals surface area contributed by atoms with E-state index in [-0.39, 0.29) is 0 Å². The van der Waals surface area contributed by atoms with Gasteiger partial charge in [0.2, 0.25) is 0 Å². The van der Waals surface area contributed by atoms with Gasteiger partial charge in [-0.15, -0.1) is 0 Å². The quantitative estimate of drug-likeness (QED) is 0.918. The average molecular weight is 283 g/mol. The first-order valence-corrected chi connectivity index (χ1v) is 7.68. The molecule has 0 aliphatic carbocycles. The van der Waals surface area contributed by atoms with E-state index in [0.717, 1.165) is 25.7 Å². The van der Waals surface area contributed by atoms with Crippen molar-refractivity contribution in [2.24, 2.45) is 5.92 Å². The molecule has 1 fully saturated rings. The van der Waals surface area contributed by atoms with Crippen LogP contribution in [-0.4, -0.2) is 29.2 Å². The number of hydrogen-bond acceptors (Lipinski definition) is 1. The van der Waals surface area contributed by atoms with Gasteiger partial charge in [-0.3, -0.25) is 0 Å². The van der Waals surface area contributed by atoms with Gasteiger partial charge in [0.15, 0.2) is 0 Å². The van der Waals surface area contributed by atoms with Gasteiger partial charge in [-0.1, -0.05) is 42.5 Å². The number of piperidine rings is 1. The van der Waals surface area contributed by atoms with E-state index in [4.69, 9.17) is 5.11 Å². The lowest BCUT2D eigenvalue weighted by Gasteiger charge is -2.29. The van der Waals surface area contributed by atoms with Gasteiger partial charge in [0.05, 0.1) is 0 Å². The standard InChI is InChI=1S/C18H21NO2/c20-18(21)19-11-9-14(10-12-19)5-6-15-7-8-16-3-1-2-4-17(16)13-15/h1-4,7-8,13-14H,5-6,9-12H2,(H,20,21). The molecule has 3 heteroatoms. The molecule has 0 unspecified atom stereocenters. The molecule has 2 aromatic carbocycles. The maximum Gasteiger partial charge on any atom is 0.407 e. The van der Waals surface area contributed by atoms with Gasteiger partial charge in [0.25, 0.3) is 0 Å². The fourth-order valence-corrected chi connectivity index (χ4v) is 3.18. The summed E-state index contributed by atoms with van der Waals surface area (Å²) >= 11 is 0. The van der Waals surface area contributed by atoms with Crippen molar-refractivity contribution in [3.63, 3.8) is 0 Å². The molecular formula is C18H21NO2. The van der Waals surface area contributed by atoms with Crippen LogP contribution in [0, 0.1) is 5.92 Å². The van der Waals surface area contributed by atoms with Crippen molar-refractivity contribution < 1.29 is 9.90 Å². The molecule has 1 N–H and O–H groups in total. The van der Waals surface area contributed by atoms with Gasteiger partial charge >= 0.3 is 6.09 Å². The van der Waals surface area contributed by atoms with Crippen LogP contribution in [0.3, 0.4) is 0 Å². The van der Waals surface area contributed by atoms with Gasteiger partial charge < -0.3 is 10.0 Å². The summed E-state index contributed by atoms with van der Waals surface area (Å²) in [7, 11) is 0. The molecule has 1 aliphatic rings. The number of aryl methyl sites for hydroxylation is 1. The Hall–Kier alpha value is -2.03. The Bertz CT molecular complexity index is 630. The largest absolute Gasteiger partial charge is 0.465 e. The second-order valence-electron chi connectivity index (χ2n) is 5.93. The lowest BCUT2D eigenvalue weighted by molar-refractivity contribution is 0.123. The van der Waals surface area contributed by atoms with Gasteiger partial charge in [-0.2, -0.15) is 0 Å². The second-order valence-corrected chi connectivity index (χ2v) is 5.93. The van der Waals surface area contributed by atoms with E-state index in [0.29, 0.717) is 19.0 Å². The predicted octanol–water partition coefficient (Wildman–Crippen LogP) is 4.16. The summed E-state index contributed by atoms with van der Waals surface area (Å²) in [4.78, 5) is 12.4. The van der Waals surface area contributed by atoms with Crippen LogP contribution in [0.4, 0.5) is 4.79 Å². The lowest BCUT2D eigenvalue weighted by atomic mass is 9.90. The molecule has 0 radical (unpaired) electrons. The summed E-state index contributed by atoms with van der Waals surface area (Å²) in [5.41, 5.74) is 1.38. The fourth-order valence-electron chi connectivity index (χ4n) is 3.18. The van der Waals surface area contributed by atoms with Crippen molar-refractivity contribution in [2.75, 3.05) is 13.1 Å². The topological polar surface area (TPSA) is 40.5 Å². The lowest BCUT2D eigenvalue weighted by Crippen LogP contribution is -2.37. The highest BCUT2D eigenvalue weighted by Gasteiger charge is 2.21. The van der Waals surface area contributed by atoms with E-state index in [9.17, 15) is 4.79 Å². The minimum absolute atomic E-state index is 0.659. The van der Waals surface area contributed by atoms with Gasteiger partial charge in [-0.05, 0) is 47.9 Å². The van der Waals surface area contributed by atoms with Crippen LogP contribution < -0.4 is 0 Å². The van der Waals surface area contributed by atoms with Crippen molar-refractivity contribution in [3.05, 3.63) is 48.0 Å². The minimum atomic E-state index is -0.775. The SMILES string of the molecule is O=C(O)N1CCC(CCc2ccc3ccccc3c2)CC1. The highest BCUT2D eigenvalue weighted by molar-refractivity contribution is 5.82. The molecule has 0 spiro atoms. The summed E-state index contributed by atoms with van der Waals surface area (Å²) in [6.45, 7) is 1.38. The van der Waals surface area contributed by atoms with Crippen molar-refractivity contribution >= 4 is 16.9 Å². The zero-order chi connectivity index (χ0) is 14.7. The Morgan fingerprint density at radius 2 is 1.81 bits per heavy atom. The van der Waals surface area contributed by atoms with Crippen LogP contribution in [0.5, 0.6) is 0 Å². The summed E-state index contributed by atoms with van der Waals surface area (Å²) in [6, 6.07) is 15.1.